The Labute approximate surface area is 159 Å². The van der Waals surface area contributed by atoms with Crippen molar-refractivity contribution in [3.05, 3.63) is 22.8 Å². The van der Waals surface area contributed by atoms with Crippen LogP contribution in [-0.4, -0.2) is 41.2 Å². The summed E-state index contributed by atoms with van der Waals surface area (Å²) in [4.78, 5) is 13.0. The number of morpholine rings is 1. The first-order chi connectivity index (χ1) is 12.4. The van der Waals surface area contributed by atoms with Gasteiger partial charge >= 0.3 is 0 Å². The summed E-state index contributed by atoms with van der Waals surface area (Å²) in [6, 6.07) is 0.309. The second-order valence-electron chi connectivity index (χ2n) is 9.04. The summed E-state index contributed by atoms with van der Waals surface area (Å²) in [7, 11) is 0. The monoisotopic (exact) mass is 359 g/mol. The highest BCUT2D eigenvalue weighted by molar-refractivity contribution is 5.37. The first-order valence-electron chi connectivity index (χ1n) is 10.6. The molecule has 0 aromatic carbocycles. The highest BCUT2D eigenvalue weighted by atomic mass is 16.5. The summed E-state index contributed by atoms with van der Waals surface area (Å²) in [5.41, 5.74) is 4.15. The molecule has 146 valence electrons. The number of aromatic nitrogens is 2. The normalized spacial score (nSPS) is 23.2. The smallest absolute Gasteiger partial charge is 0.134 e. The number of rotatable bonds is 6. The number of fused-ring (bicyclic) bond motifs is 3. The van der Waals surface area contributed by atoms with Crippen molar-refractivity contribution in [1.29, 1.82) is 0 Å². The lowest BCUT2D eigenvalue weighted by Gasteiger charge is -2.42. The lowest BCUT2D eigenvalue weighted by molar-refractivity contribution is -0.0152. The molecule has 3 rings (SSSR count). The zero-order valence-corrected chi connectivity index (χ0v) is 17.7. The molecular formula is C22H37N3O. The third-order valence-corrected chi connectivity index (χ3v) is 6.89. The quantitative estimate of drug-likeness (QED) is 0.746. The molecule has 0 spiro atoms. The molecule has 0 aliphatic carbocycles. The van der Waals surface area contributed by atoms with E-state index in [0.29, 0.717) is 6.04 Å². The van der Waals surface area contributed by atoms with Gasteiger partial charge in [0.25, 0.3) is 0 Å². The Balaban J connectivity index is 2.19. The summed E-state index contributed by atoms with van der Waals surface area (Å²) in [5.74, 6) is 1.02. The summed E-state index contributed by atoms with van der Waals surface area (Å²) in [5, 5.41) is 0. The number of hydrogen-bond donors (Lipinski definition) is 0. The Kier molecular flexibility index (Phi) is 5.74. The minimum Gasteiger partial charge on any atom is -0.378 e. The van der Waals surface area contributed by atoms with Gasteiger partial charge in [0.1, 0.15) is 5.82 Å². The molecular weight excluding hydrogens is 322 g/mol. The molecule has 1 aromatic heterocycles. The zero-order valence-electron chi connectivity index (χ0n) is 17.7. The summed E-state index contributed by atoms with van der Waals surface area (Å²) in [6.45, 7) is 17.6. The molecule has 0 radical (unpaired) electrons. The second kappa shape index (κ2) is 7.55. The van der Waals surface area contributed by atoms with Gasteiger partial charge in [0, 0.05) is 23.9 Å². The molecule has 2 atom stereocenters. The van der Waals surface area contributed by atoms with Crippen molar-refractivity contribution in [2.24, 2.45) is 0 Å². The van der Waals surface area contributed by atoms with Crippen LogP contribution in [0.2, 0.25) is 0 Å². The van der Waals surface area contributed by atoms with Gasteiger partial charge in [-0.05, 0) is 31.2 Å². The van der Waals surface area contributed by atoms with Crippen LogP contribution in [0.1, 0.15) is 96.0 Å². The molecule has 2 aliphatic rings. The molecule has 0 saturated carbocycles. The van der Waals surface area contributed by atoms with Crippen LogP contribution in [0.25, 0.3) is 0 Å². The Morgan fingerprint density at radius 3 is 2.50 bits per heavy atom. The van der Waals surface area contributed by atoms with Crippen molar-refractivity contribution in [2.45, 2.75) is 90.5 Å². The van der Waals surface area contributed by atoms with Crippen LogP contribution >= 0.6 is 0 Å². The first kappa shape index (κ1) is 19.8. The minimum absolute atomic E-state index is 0.00243. The van der Waals surface area contributed by atoms with Crippen LogP contribution in [0, 0.1) is 0 Å². The van der Waals surface area contributed by atoms with Gasteiger partial charge in [-0.25, -0.2) is 9.97 Å². The van der Waals surface area contributed by atoms with Gasteiger partial charge in [0.05, 0.1) is 30.6 Å². The van der Waals surface area contributed by atoms with Crippen LogP contribution in [0.4, 0.5) is 0 Å². The Hall–Kier alpha value is -1.00. The van der Waals surface area contributed by atoms with Gasteiger partial charge < -0.3 is 4.74 Å². The van der Waals surface area contributed by atoms with Crippen LogP contribution in [0.5, 0.6) is 0 Å². The van der Waals surface area contributed by atoms with Gasteiger partial charge in [-0.2, -0.15) is 0 Å². The fourth-order valence-electron chi connectivity index (χ4n) is 4.41. The molecule has 4 nitrogen and oxygen atoms in total. The predicted octanol–water partition coefficient (Wildman–Crippen LogP) is 4.56. The lowest BCUT2D eigenvalue weighted by Crippen LogP contribution is -2.45. The van der Waals surface area contributed by atoms with E-state index in [4.69, 9.17) is 14.7 Å². The maximum absolute atomic E-state index is 5.84. The van der Waals surface area contributed by atoms with E-state index >= 15 is 0 Å². The van der Waals surface area contributed by atoms with Crippen molar-refractivity contribution in [3.8, 4) is 0 Å². The van der Waals surface area contributed by atoms with E-state index in [2.05, 4.69) is 46.4 Å². The molecule has 3 heterocycles. The van der Waals surface area contributed by atoms with E-state index in [0.717, 1.165) is 51.4 Å². The molecule has 1 saturated heterocycles. The SMILES string of the molecule is CCCC(C)(CC)c1nc(C(C)(C)CC)nc2c1CCN1CCOCC21. The van der Waals surface area contributed by atoms with Gasteiger partial charge in [-0.1, -0.05) is 48.0 Å². The molecule has 26 heavy (non-hydrogen) atoms. The Bertz CT molecular complexity index is 643. The number of nitrogens with zero attached hydrogens (tertiary/aromatic N) is 3. The Morgan fingerprint density at radius 1 is 1.08 bits per heavy atom. The molecule has 2 unspecified atom stereocenters. The van der Waals surface area contributed by atoms with Crippen LogP contribution < -0.4 is 0 Å². The molecule has 0 N–H and O–H groups in total. The van der Waals surface area contributed by atoms with Crippen LogP contribution in [-0.2, 0) is 22.0 Å². The van der Waals surface area contributed by atoms with Gasteiger partial charge in [0.15, 0.2) is 0 Å². The molecule has 1 aromatic rings. The molecule has 4 heteroatoms. The van der Waals surface area contributed by atoms with E-state index in [1.165, 1.54) is 29.8 Å². The highest BCUT2D eigenvalue weighted by Gasteiger charge is 2.39. The van der Waals surface area contributed by atoms with E-state index in [1.54, 1.807) is 0 Å². The van der Waals surface area contributed by atoms with E-state index in [-0.39, 0.29) is 10.8 Å². The highest BCUT2D eigenvalue weighted by Crippen LogP contribution is 2.40. The van der Waals surface area contributed by atoms with Crippen molar-refractivity contribution >= 4 is 0 Å². The molecule has 2 aliphatic heterocycles. The first-order valence-corrected chi connectivity index (χ1v) is 10.6. The van der Waals surface area contributed by atoms with Crippen molar-refractivity contribution in [2.75, 3.05) is 26.3 Å². The number of ether oxygens (including phenoxy) is 1. The van der Waals surface area contributed by atoms with Gasteiger partial charge in [0.2, 0.25) is 0 Å². The maximum atomic E-state index is 5.84. The van der Waals surface area contributed by atoms with Gasteiger partial charge in [-0.15, -0.1) is 0 Å². The number of hydrogen-bond acceptors (Lipinski definition) is 4. The topological polar surface area (TPSA) is 38.2 Å². The van der Waals surface area contributed by atoms with Crippen molar-refractivity contribution in [3.63, 3.8) is 0 Å². The summed E-state index contributed by atoms with van der Waals surface area (Å²) in [6.07, 6.45) is 5.62. The standard InChI is InChI=1S/C22H37N3O/c1-7-11-22(6,9-3)19-16-10-12-25-13-14-26-15-17(25)18(16)23-20(24-19)21(4,5)8-2/h17H,7-15H2,1-6H3. The van der Waals surface area contributed by atoms with E-state index in [1.807, 2.05) is 0 Å². The van der Waals surface area contributed by atoms with Crippen molar-refractivity contribution in [1.82, 2.24) is 14.9 Å². The largest absolute Gasteiger partial charge is 0.378 e. The average molecular weight is 360 g/mol. The second-order valence-corrected chi connectivity index (χ2v) is 9.04. The fraction of sp³-hybridized carbons (Fsp3) is 0.818. The summed E-state index contributed by atoms with van der Waals surface area (Å²) >= 11 is 0. The predicted molar refractivity (Wildman–Crippen MR) is 107 cm³/mol. The van der Waals surface area contributed by atoms with E-state index < -0.39 is 0 Å². The maximum Gasteiger partial charge on any atom is 0.134 e. The average Bonchev–Trinajstić information content (AvgIpc) is 2.67. The Morgan fingerprint density at radius 2 is 1.85 bits per heavy atom. The zero-order chi connectivity index (χ0) is 18.9. The minimum atomic E-state index is 0.00243. The van der Waals surface area contributed by atoms with Crippen molar-refractivity contribution < 1.29 is 4.74 Å². The van der Waals surface area contributed by atoms with Gasteiger partial charge in [-0.3, -0.25) is 4.90 Å². The summed E-state index contributed by atoms with van der Waals surface area (Å²) < 4.78 is 5.84. The fourth-order valence-corrected chi connectivity index (χ4v) is 4.41. The molecule has 0 bridgehead atoms. The molecule has 0 amide bonds. The molecule has 1 fully saturated rings. The van der Waals surface area contributed by atoms with Crippen LogP contribution in [0.15, 0.2) is 0 Å². The van der Waals surface area contributed by atoms with Crippen LogP contribution in [0.3, 0.4) is 0 Å². The van der Waals surface area contributed by atoms with E-state index in [9.17, 15) is 0 Å². The lowest BCUT2D eigenvalue weighted by atomic mass is 9.75. The third-order valence-electron chi connectivity index (χ3n) is 6.89. The third kappa shape index (κ3) is 3.43.